The van der Waals surface area contributed by atoms with Crippen molar-refractivity contribution in [1.29, 1.82) is 0 Å². The van der Waals surface area contributed by atoms with Crippen LogP contribution in [0.2, 0.25) is 5.02 Å². The predicted octanol–water partition coefficient (Wildman–Crippen LogP) is 8.05. The monoisotopic (exact) mass is 540 g/mol. The Balaban J connectivity index is 0.000000221. The molecule has 0 bridgehead atoms. The molecule has 1 fully saturated rings. The van der Waals surface area contributed by atoms with E-state index in [1.54, 1.807) is 30.3 Å². The van der Waals surface area contributed by atoms with E-state index in [9.17, 15) is 4.79 Å². The van der Waals surface area contributed by atoms with Crippen molar-refractivity contribution in [3.63, 3.8) is 0 Å². The lowest BCUT2D eigenvalue weighted by atomic mass is 10.1. The van der Waals surface area contributed by atoms with Gasteiger partial charge in [-0.25, -0.2) is 9.78 Å². The van der Waals surface area contributed by atoms with Crippen molar-refractivity contribution in [2.24, 2.45) is 5.92 Å². The Labute approximate surface area is 231 Å². The highest BCUT2D eigenvalue weighted by Gasteiger charge is 2.28. The van der Waals surface area contributed by atoms with E-state index >= 15 is 0 Å². The SMILES string of the molecule is CCCCCCCCCCN[C@@H](CC1CC1)c1noc(C)n1.O=C(O)c1cccc(-c2cccc(Cl)c2)n1. The van der Waals surface area contributed by atoms with Gasteiger partial charge in [0.05, 0.1) is 11.7 Å². The molecule has 2 aromatic heterocycles. The Morgan fingerprint density at radius 1 is 1.05 bits per heavy atom. The summed E-state index contributed by atoms with van der Waals surface area (Å²) in [6.45, 7) is 5.21. The van der Waals surface area contributed by atoms with Gasteiger partial charge in [0, 0.05) is 17.5 Å². The Morgan fingerprint density at radius 2 is 1.76 bits per heavy atom. The Hall–Kier alpha value is -2.77. The third-order valence-electron chi connectivity index (χ3n) is 6.63. The Kier molecular flexibility index (Phi) is 12.7. The number of halogens is 1. The smallest absolute Gasteiger partial charge is 0.354 e. The maximum atomic E-state index is 10.8. The molecule has 0 aliphatic heterocycles. The third kappa shape index (κ3) is 10.9. The second-order valence-electron chi connectivity index (χ2n) is 10.1. The number of hydrogen-bond donors (Lipinski definition) is 2. The number of hydrogen-bond acceptors (Lipinski definition) is 6. The molecule has 3 aromatic rings. The fourth-order valence-corrected chi connectivity index (χ4v) is 4.51. The molecule has 206 valence electrons. The molecule has 2 heterocycles. The minimum Gasteiger partial charge on any atom is -0.477 e. The summed E-state index contributed by atoms with van der Waals surface area (Å²) >= 11 is 5.85. The molecular formula is C30H41ClN4O3. The molecular weight excluding hydrogens is 500 g/mol. The number of aromatic nitrogens is 3. The zero-order valence-electron chi connectivity index (χ0n) is 22.7. The Bertz CT molecular complexity index is 1120. The maximum absolute atomic E-state index is 10.8. The Morgan fingerprint density at radius 3 is 2.39 bits per heavy atom. The number of pyridine rings is 1. The van der Waals surface area contributed by atoms with Crippen molar-refractivity contribution in [1.82, 2.24) is 20.4 Å². The maximum Gasteiger partial charge on any atom is 0.354 e. The second kappa shape index (κ2) is 16.2. The number of aromatic carboxylic acids is 1. The first-order chi connectivity index (χ1) is 18.5. The molecule has 0 unspecified atom stereocenters. The van der Waals surface area contributed by atoms with Crippen molar-refractivity contribution >= 4 is 17.6 Å². The zero-order chi connectivity index (χ0) is 27.2. The van der Waals surface area contributed by atoms with E-state index in [0.717, 1.165) is 30.3 Å². The number of benzene rings is 1. The van der Waals surface area contributed by atoms with E-state index in [-0.39, 0.29) is 11.7 Å². The molecule has 0 spiro atoms. The first-order valence-corrected chi connectivity index (χ1v) is 14.3. The van der Waals surface area contributed by atoms with Gasteiger partial charge in [0.2, 0.25) is 5.89 Å². The number of unbranched alkanes of at least 4 members (excludes halogenated alkanes) is 7. The van der Waals surface area contributed by atoms with Crippen LogP contribution in [0.15, 0.2) is 47.0 Å². The molecule has 7 nitrogen and oxygen atoms in total. The molecule has 2 N–H and O–H groups in total. The number of nitrogens with one attached hydrogen (secondary N) is 1. The van der Waals surface area contributed by atoms with Crippen molar-refractivity contribution < 1.29 is 14.4 Å². The highest BCUT2D eigenvalue weighted by molar-refractivity contribution is 6.30. The minimum atomic E-state index is -1.04. The zero-order valence-corrected chi connectivity index (χ0v) is 23.4. The molecule has 1 aliphatic rings. The molecule has 8 heteroatoms. The average Bonchev–Trinajstić information content (AvgIpc) is 3.64. The first-order valence-electron chi connectivity index (χ1n) is 14.0. The number of nitrogens with zero attached hydrogens (tertiary/aromatic N) is 3. The van der Waals surface area contributed by atoms with Crippen LogP contribution in [0, 0.1) is 12.8 Å². The molecule has 0 amide bonds. The number of rotatable bonds is 15. The number of carboxylic acid groups (broad SMARTS) is 1. The van der Waals surface area contributed by atoms with Gasteiger partial charge in [0.1, 0.15) is 5.69 Å². The molecule has 1 aromatic carbocycles. The van der Waals surface area contributed by atoms with E-state index < -0.39 is 5.97 Å². The summed E-state index contributed by atoms with van der Waals surface area (Å²) in [6, 6.07) is 12.3. The topological polar surface area (TPSA) is 101 Å². The van der Waals surface area contributed by atoms with Crippen LogP contribution in [0.3, 0.4) is 0 Å². The normalized spacial score (nSPS) is 13.6. The van der Waals surface area contributed by atoms with Gasteiger partial charge in [-0.1, -0.05) is 99.7 Å². The highest BCUT2D eigenvalue weighted by Crippen LogP contribution is 2.37. The summed E-state index contributed by atoms with van der Waals surface area (Å²) in [5.74, 6) is 1.35. The van der Waals surface area contributed by atoms with E-state index in [4.69, 9.17) is 21.2 Å². The van der Waals surface area contributed by atoms with Gasteiger partial charge in [0.25, 0.3) is 0 Å². The van der Waals surface area contributed by atoms with Crippen LogP contribution < -0.4 is 5.32 Å². The number of carbonyl (C=O) groups is 1. The minimum absolute atomic E-state index is 0.0254. The quantitative estimate of drug-likeness (QED) is 0.188. The van der Waals surface area contributed by atoms with Crippen LogP contribution in [0.4, 0.5) is 0 Å². The van der Waals surface area contributed by atoms with Crippen LogP contribution in [-0.2, 0) is 0 Å². The first kappa shape index (κ1) is 29.8. The third-order valence-corrected chi connectivity index (χ3v) is 6.87. The summed E-state index contributed by atoms with van der Waals surface area (Å²) in [7, 11) is 0. The van der Waals surface area contributed by atoms with Crippen LogP contribution in [0.5, 0.6) is 0 Å². The average molecular weight is 541 g/mol. The second-order valence-corrected chi connectivity index (χ2v) is 10.5. The number of carboxylic acids is 1. The summed E-state index contributed by atoms with van der Waals surface area (Å²) < 4.78 is 5.14. The van der Waals surface area contributed by atoms with Crippen molar-refractivity contribution in [2.75, 3.05) is 6.54 Å². The van der Waals surface area contributed by atoms with E-state index in [1.165, 1.54) is 70.3 Å². The molecule has 4 rings (SSSR count). The number of aryl methyl sites for hydroxylation is 1. The van der Waals surface area contributed by atoms with E-state index in [2.05, 4.69) is 27.4 Å². The highest BCUT2D eigenvalue weighted by atomic mass is 35.5. The van der Waals surface area contributed by atoms with Crippen LogP contribution in [-0.4, -0.2) is 32.7 Å². The summed E-state index contributed by atoms with van der Waals surface area (Å²) in [4.78, 5) is 19.2. The van der Waals surface area contributed by atoms with Crippen molar-refractivity contribution in [2.45, 2.75) is 90.5 Å². The van der Waals surface area contributed by atoms with Crippen molar-refractivity contribution in [3.05, 3.63) is 64.9 Å². The van der Waals surface area contributed by atoms with Gasteiger partial charge < -0.3 is 14.9 Å². The lowest BCUT2D eigenvalue weighted by Crippen LogP contribution is -2.24. The van der Waals surface area contributed by atoms with Gasteiger partial charge in [-0.15, -0.1) is 0 Å². The van der Waals surface area contributed by atoms with Crippen molar-refractivity contribution in [3.8, 4) is 11.3 Å². The van der Waals surface area contributed by atoms with Crippen LogP contribution >= 0.6 is 11.6 Å². The van der Waals surface area contributed by atoms with Gasteiger partial charge in [-0.3, -0.25) is 0 Å². The van der Waals surface area contributed by atoms with Crippen LogP contribution in [0.25, 0.3) is 11.3 Å². The van der Waals surface area contributed by atoms with E-state index in [0.29, 0.717) is 16.6 Å². The fourth-order valence-electron chi connectivity index (χ4n) is 4.32. The molecule has 1 aliphatic carbocycles. The lowest BCUT2D eigenvalue weighted by molar-refractivity contribution is 0.0690. The fraction of sp³-hybridized carbons (Fsp3) is 0.533. The van der Waals surface area contributed by atoms with Crippen LogP contribution in [0.1, 0.15) is 106 Å². The van der Waals surface area contributed by atoms with E-state index in [1.807, 2.05) is 13.0 Å². The summed E-state index contributed by atoms with van der Waals surface area (Å²) in [5.41, 5.74) is 1.43. The predicted molar refractivity (Wildman–Crippen MR) is 151 cm³/mol. The molecule has 38 heavy (non-hydrogen) atoms. The largest absolute Gasteiger partial charge is 0.477 e. The molecule has 1 saturated carbocycles. The van der Waals surface area contributed by atoms with Gasteiger partial charge in [-0.2, -0.15) is 4.98 Å². The van der Waals surface area contributed by atoms with Gasteiger partial charge >= 0.3 is 5.97 Å². The summed E-state index contributed by atoms with van der Waals surface area (Å²) in [6.07, 6.45) is 14.8. The molecule has 0 radical (unpaired) electrons. The van der Waals surface area contributed by atoms with Gasteiger partial charge in [-0.05, 0) is 49.6 Å². The summed E-state index contributed by atoms with van der Waals surface area (Å²) in [5, 5.41) is 17.2. The molecule has 0 saturated heterocycles. The van der Waals surface area contributed by atoms with Gasteiger partial charge in [0.15, 0.2) is 5.82 Å². The standard InChI is InChI=1S/C18H33N3O.C12H8ClNO2/c1-3-4-5-6-7-8-9-10-13-19-17(14-16-11-12-16)18-20-15(2)22-21-18;13-9-4-1-3-8(7-9)10-5-2-6-11(14-10)12(15)16/h16-17,19H,3-14H2,1-2H3;1-7H,(H,15,16)/t17-;/m0./s1. The molecule has 1 atom stereocenters. The lowest BCUT2D eigenvalue weighted by Gasteiger charge is -2.14.